The van der Waals surface area contributed by atoms with Gasteiger partial charge in [-0.15, -0.1) is 0 Å². The van der Waals surface area contributed by atoms with Crippen LogP contribution < -0.4 is 27.0 Å². The van der Waals surface area contributed by atoms with E-state index in [0.717, 1.165) is 11.4 Å². The fourth-order valence-electron chi connectivity index (χ4n) is 2.37. The van der Waals surface area contributed by atoms with Gasteiger partial charge in [0.1, 0.15) is 12.0 Å². The molecule has 0 saturated carbocycles. The average Bonchev–Trinajstić information content (AvgIpc) is 2.67. The van der Waals surface area contributed by atoms with Crippen LogP contribution in [0.4, 0.5) is 28.7 Å². The minimum Gasteiger partial charge on any atom is -0.393 e. The molecule has 0 aliphatic rings. The number of hydrazine groups is 2. The molecule has 2 aromatic carbocycles. The van der Waals surface area contributed by atoms with E-state index in [4.69, 9.17) is 5.73 Å². The van der Waals surface area contributed by atoms with Gasteiger partial charge in [-0.05, 0) is 45.0 Å². The number of para-hydroxylation sites is 2. The molecule has 3 rings (SSSR count). The normalized spacial score (nSPS) is 11.1. The number of benzene rings is 2. The highest BCUT2D eigenvalue weighted by molar-refractivity contribution is 5.77. The molecule has 0 aliphatic heterocycles. The van der Waals surface area contributed by atoms with Crippen LogP contribution in [0.2, 0.25) is 0 Å². The van der Waals surface area contributed by atoms with E-state index in [9.17, 15) is 0 Å². The summed E-state index contributed by atoms with van der Waals surface area (Å²) in [5.41, 5.74) is 18.0. The lowest BCUT2D eigenvalue weighted by Crippen LogP contribution is -2.40. The van der Waals surface area contributed by atoms with Crippen molar-refractivity contribution >= 4 is 28.7 Å². The quantitative estimate of drug-likeness (QED) is 0.493. The first-order valence-corrected chi connectivity index (χ1v) is 8.74. The second-order valence-corrected chi connectivity index (χ2v) is 7.10. The Morgan fingerprint density at radius 2 is 1.33 bits per heavy atom. The summed E-state index contributed by atoms with van der Waals surface area (Å²) >= 11 is 0. The molecular weight excluding hydrogens is 338 g/mol. The molecule has 5 N–H and O–H groups in total. The van der Waals surface area contributed by atoms with Crippen LogP contribution >= 0.6 is 0 Å². The topological polar surface area (TPSA) is 91.1 Å². The van der Waals surface area contributed by atoms with Crippen LogP contribution in [0.3, 0.4) is 0 Å². The Labute approximate surface area is 159 Å². The molecule has 1 aromatic heterocycles. The largest absolute Gasteiger partial charge is 0.393 e. The lowest BCUT2D eigenvalue weighted by atomic mass is 10.1. The van der Waals surface area contributed by atoms with Crippen molar-refractivity contribution in [3.05, 3.63) is 67.0 Å². The van der Waals surface area contributed by atoms with E-state index in [0.29, 0.717) is 17.3 Å². The predicted molar refractivity (Wildman–Crippen MR) is 112 cm³/mol. The molecule has 0 amide bonds. The van der Waals surface area contributed by atoms with E-state index in [2.05, 4.69) is 26.2 Å². The number of hydrogen-bond donors (Lipinski definition) is 4. The zero-order valence-corrected chi connectivity index (χ0v) is 15.8. The fourth-order valence-corrected chi connectivity index (χ4v) is 2.37. The number of rotatable bonds is 6. The van der Waals surface area contributed by atoms with Gasteiger partial charge in [0.05, 0.1) is 11.4 Å². The maximum absolute atomic E-state index is 6.30. The number of nitrogen functional groups attached to an aromatic ring is 1. The summed E-state index contributed by atoms with van der Waals surface area (Å²) in [6, 6.07) is 19.9. The maximum atomic E-state index is 6.30. The molecule has 0 unspecified atom stereocenters. The fraction of sp³-hybridized carbons (Fsp3) is 0.200. The van der Waals surface area contributed by atoms with Gasteiger partial charge in [0, 0.05) is 5.54 Å². The van der Waals surface area contributed by atoms with Gasteiger partial charge in [0.25, 0.3) is 0 Å². The minimum atomic E-state index is -0.134. The number of nitrogens with two attached hydrogens (primary N) is 1. The zero-order valence-electron chi connectivity index (χ0n) is 15.8. The van der Waals surface area contributed by atoms with Crippen LogP contribution in [0.5, 0.6) is 0 Å². The molecule has 0 bridgehead atoms. The van der Waals surface area contributed by atoms with Crippen molar-refractivity contribution in [3.63, 3.8) is 0 Å². The van der Waals surface area contributed by atoms with Crippen LogP contribution in [0.15, 0.2) is 67.0 Å². The van der Waals surface area contributed by atoms with Crippen LogP contribution in [-0.4, -0.2) is 15.5 Å². The van der Waals surface area contributed by atoms with Crippen molar-refractivity contribution in [2.45, 2.75) is 26.3 Å². The van der Waals surface area contributed by atoms with Gasteiger partial charge in [0.15, 0.2) is 11.6 Å². The number of aromatic nitrogens is 2. The molecule has 7 nitrogen and oxygen atoms in total. The van der Waals surface area contributed by atoms with Gasteiger partial charge in [0.2, 0.25) is 0 Å². The molecule has 3 aromatic rings. The summed E-state index contributed by atoms with van der Waals surface area (Å²) in [4.78, 5) is 8.54. The second-order valence-electron chi connectivity index (χ2n) is 7.10. The van der Waals surface area contributed by atoms with E-state index < -0.39 is 0 Å². The molecule has 7 heteroatoms. The van der Waals surface area contributed by atoms with E-state index in [1.165, 1.54) is 6.33 Å². The third-order valence-corrected chi connectivity index (χ3v) is 3.69. The Hall–Kier alpha value is -3.32. The average molecular weight is 363 g/mol. The Balaban J connectivity index is 1.90. The molecular formula is C20H25N7. The summed E-state index contributed by atoms with van der Waals surface area (Å²) in [6.07, 6.45) is 1.47. The van der Waals surface area contributed by atoms with Gasteiger partial charge in [-0.2, -0.15) is 0 Å². The van der Waals surface area contributed by atoms with Crippen molar-refractivity contribution in [2.75, 3.05) is 21.6 Å². The number of hydrogen-bond acceptors (Lipinski definition) is 7. The van der Waals surface area contributed by atoms with Gasteiger partial charge in [-0.25, -0.2) is 15.4 Å². The van der Waals surface area contributed by atoms with E-state index in [1.807, 2.05) is 86.4 Å². The molecule has 0 aliphatic carbocycles. The monoisotopic (exact) mass is 363 g/mol. The SMILES string of the molecule is CC(C)(C)NNc1ncnc(NN(c2ccccc2)c2ccccc2)c1N. The van der Waals surface area contributed by atoms with Gasteiger partial charge >= 0.3 is 0 Å². The maximum Gasteiger partial charge on any atom is 0.173 e. The van der Waals surface area contributed by atoms with Crippen LogP contribution in [0, 0.1) is 0 Å². The highest BCUT2D eigenvalue weighted by Gasteiger charge is 2.15. The Bertz CT molecular complexity index is 821. The first-order valence-electron chi connectivity index (χ1n) is 8.74. The van der Waals surface area contributed by atoms with Gasteiger partial charge < -0.3 is 11.2 Å². The van der Waals surface area contributed by atoms with Crippen molar-refractivity contribution in [1.82, 2.24) is 15.4 Å². The highest BCUT2D eigenvalue weighted by atomic mass is 15.5. The van der Waals surface area contributed by atoms with Crippen molar-refractivity contribution in [3.8, 4) is 0 Å². The Morgan fingerprint density at radius 1 is 0.815 bits per heavy atom. The number of nitrogens with zero attached hydrogens (tertiary/aromatic N) is 3. The van der Waals surface area contributed by atoms with Crippen LogP contribution in [-0.2, 0) is 0 Å². The lowest BCUT2D eigenvalue weighted by Gasteiger charge is -2.27. The summed E-state index contributed by atoms with van der Waals surface area (Å²) in [7, 11) is 0. The molecule has 0 fully saturated rings. The smallest absolute Gasteiger partial charge is 0.173 e. The molecule has 0 radical (unpaired) electrons. The summed E-state index contributed by atoms with van der Waals surface area (Å²) in [5, 5.41) is 1.93. The molecule has 0 atom stereocenters. The Kier molecular flexibility index (Phi) is 5.42. The van der Waals surface area contributed by atoms with E-state index in [-0.39, 0.29) is 5.54 Å². The third-order valence-electron chi connectivity index (χ3n) is 3.69. The van der Waals surface area contributed by atoms with Crippen molar-refractivity contribution < 1.29 is 0 Å². The summed E-state index contributed by atoms with van der Waals surface area (Å²) < 4.78 is 0. The van der Waals surface area contributed by atoms with Crippen LogP contribution in [0.25, 0.3) is 0 Å². The molecule has 0 spiro atoms. The first kappa shape index (κ1) is 18.5. The molecule has 27 heavy (non-hydrogen) atoms. The third kappa shape index (κ3) is 4.86. The zero-order chi connectivity index (χ0) is 19.3. The lowest BCUT2D eigenvalue weighted by molar-refractivity contribution is 0.464. The highest BCUT2D eigenvalue weighted by Crippen LogP contribution is 2.29. The van der Waals surface area contributed by atoms with Crippen LogP contribution in [0.1, 0.15) is 20.8 Å². The predicted octanol–water partition coefficient (Wildman–Crippen LogP) is 3.94. The number of nitrogens with one attached hydrogen (secondary N) is 3. The second kappa shape index (κ2) is 7.92. The summed E-state index contributed by atoms with van der Waals surface area (Å²) in [6.45, 7) is 6.13. The first-order chi connectivity index (χ1) is 12.9. The molecule has 1 heterocycles. The molecule has 140 valence electrons. The van der Waals surface area contributed by atoms with Crippen molar-refractivity contribution in [2.24, 2.45) is 0 Å². The molecule has 0 saturated heterocycles. The minimum absolute atomic E-state index is 0.134. The van der Waals surface area contributed by atoms with Gasteiger partial charge in [-0.1, -0.05) is 36.4 Å². The van der Waals surface area contributed by atoms with Crippen molar-refractivity contribution in [1.29, 1.82) is 0 Å². The van der Waals surface area contributed by atoms with E-state index >= 15 is 0 Å². The summed E-state index contributed by atoms with van der Waals surface area (Å²) in [5.74, 6) is 1.03. The van der Waals surface area contributed by atoms with E-state index in [1.54, 1.807) is 0 Å². The Morgan fingerprint density at radius 3 is 1.85 bits per heavy atom. The van der Waals surface area contributed by atoms with Gasteiger partial charge in [-0.3, -0.25) is 10.4 Å². The standard InChI is InChI=1S/C20H25N7/c1-20(2,3)26-24-18-17(21)19(23-14-22-18)25-27(15-10-6-4-7-11-15)16-12-8-5-9-13-16/h4-14,26H,21H2,1-3H3,(H2,22,23,24,25). The number of anilines is 5.